The van der Waals surface area contributed by atoms with E-state index in [0.29, 0.717) is 0 Å². The molecule has 4 rings (SSSR count). The van der Waals surface area contributed by atoms with Gasteiger partial charge in [0.25, 0.3) is 0 Å². The van der Waals surface area contributed by atoms with Gasteiger partial charge in [0.15, 0.2) is 0 Å². The largest absolute Gasteiger partial charge is 0.303 e. The quantitative estimate of drug-likeness (QED) is 0.902. The molecule has 2 aromatic rings. The van der Waals surface area contributed by atoms with E-state index in [1.165, 1.54) is 49.1 Å². The SMILES string of the molecule is c1ccc(C2CCC(NC3CC3)(c3nccs3)CC2)cc1. The monoisotopic (exact) mass is 298 g/mol. The van der Waals surface area contributed by atoms with E-state index < -0.39 is 0 Å². The molecule has 0 aliphatic heterocycles. The molecule has 21 heavy (non-hydrogen) atoms. The van der Waals surface area contributed by atoms with Crippen LogP contribution in [0.25, 0.3) is 0 Å². The molecule has 0 atom stereocenters. The van der Waals surface area contributed by atoms with E-state index in [9.17, 15) is 0 Å². The Kier molecular flexibility index (Phi) is 3.56. The lowest BCUT2D eigenvalue weighted by Crippen LogP contribution is -2.46. The number of rotatable bonds is 4. The maximum absolute atomic E-state index is 4.65. The summed E-state index contributed by atoms with van der Waals surface area (Å²) >= 11 is 1.82. The summed E-state index contributed by atoms with van der Waals surface area (Å²) in [4.78, 5) is 4.65. The summed E-state index contributed by atoms with van der Waals surface area (Å²) in [6.07, 6.45) is 9.61. The summed E-state index contributed by atoms with van der Waals surface area (Å²) in [6.45, 7) is 0. The van der Waals surface area contributed by atoms with E-state index >= 15 is 0 Å². The number of hydrogen-bond acceptors (Lipinski definition) is 3. The standard InChI is InChI=1S/C18H22N2S/c1-2-4-14(5-3-1)15-8-10-18(11-9-15,20-16-6-7-16)17-19-12-13-21-17/h1-5,12-13,15-16,20H,6-11H2. The molecule has 2 aliphatic carbocycles. The molecule has 0 bridgehead atoms. The first-order chi connectivity index (χ1) is 10.4. The Hall–Kier alpha value is -1.19. The molecule has 3 heteroatoms. The van der Waals surface area contributed by atoms with Gasteiger partial charge in [-0.1, -0.05) is 30.3 Å². The second-order valence-corrected chi connectivity index (χ2v) is 7.42. The topological polar surface area (TPSA) is 24.9 Å². The van der Waals surface area contributed by atoms with Gasteiger partial charge in [0.05, 0.1) is 5.54 Å². The van der Waals surface area contributed by atoms with Crippen molar-refractivity contribution in [3.05, 3.63) is 52.5 Å². The third-order valence-electron chi connectivity index (χ3n) is 5.01. The van der Waals surface area contributed by atoms with Crippen molar-refractivity contribution in [2.75, 3.05) is 0 Å². The number of nitrogens with zero attached hydrogens (tertiary/aromatic N) is 1. The number of thiazole rings is 1. The van der Waals surface area contributed by atoms with E-state index in [-0.39, 0.29) is 5.54 Å². The van der Waals surface area contributed by atoms with Crippen molar-refractivity contribution in [1.82, 2.24) is 10.3 Å². The van der Waals surface area contributed by atoms with Gasteiger partial charge in [0.1, 0.15) is 5.01 Å². The van der Waals surface area contributed by atoms with Crippen molar-refractivity contribution >= 4 is 11.3 Å². The molecule has 2 nitrogen and oxygen atoms in total. The Morgan fingerprint density at radius 3 is 2.43 bits per heavy atom. The van der Waals surface area contributed by atoms with E-state index in [2.05, 4.69) is 46.0 Å². The lowest BCUT2D eigenvalue weighted by molar-refractivity contribution is 0.213. The lowest BCUT2D eigenvalue weighted by atomic mass is 9.74. The minimum atomic E-state index is 0.153. The van der Waals surface area contributed by atoms with E-state index in [0.717, 1.165) is 12.0 Å². The molecule has 0 amide bonds. The van der Waals surface area contributed by atoms with Crippen molar-refractivity contribution in [3.8, 4) is 0 Å². The Balaban J connectivity index is 1.52. The van der Waals surface area contributed by atoms with Crippen LogP contribution in [-0.2, 0) is 5.54 Å². The molecule has 0 radical (unpaired) electrons. The number of aromatic nitrogens is 1. The Morgan fingerprint density at radius 1 is 1.05 bits per heavy atom. The second-order valence-electron chi connectivity index (χ2n) is 6.52. The summed E-state index contributed by atoms with van der Waals surface area (Å²) in [6, 6.07) is 11.8. The number of nitrogens with one attached hydrogen (secondary N) is 1. The summed E-state index contributed by atoms with van der Waals surface area (Å²) in [5, 5.41) is 7.36. The molecule has 0 saturated heterocycles. The Morgan fingerprint density at radius 2 is 1.81 bits per heavy atom. The summed E-state index contributed by atoms with van der Waals surface area (Å²) < 4.78 is 0. The zero-order chi connectivity index (χ0) is 14.1. The van der Waals surface area contributed by atoms with Crippen LogP contribution in [0.3, 0.4) is 0 Å². The first kappa shape index (κ1) is 13.5. The minimum absolute atomic E-state index is 0.153. The van der Waals surface area contributed by atoms with Gasteiger partial charge in [-0.05, 0) is 50.0 Å². The fraction of sp³-hybridized carbons (Fsp3) is 0.500. The average Bonchev–Trinajstić information content (AvgIpc) is 3.17. The van der Waals surface area contributed by atoms with E-state index in [1.54, 1.807) is 0 Å². The lowest BCUT2D eigenvalue weighted by Gasteiger charge is -2.40. The van der Waals surface area contributed by atoms with Gasteiger partial charge in [-0.15, -0.1) is 11.3 Å². The Labute approximate surface area is 130 Å². The van der Waals surface area contributed by atoms with Crippen molar-refractivity contribution in [1.29, 1.82) is 0 Å². The molecular weight excluding hydrogens is 276 g/mol. The molecule has 1 aromatic carbocycles. The van der Waals surface area contributed by atoms with Crippen LogP contribution in [0.4, 0.5) is 0 Å². The highest BCUT2D eigenvalue weighted by atomic mass is 32.1. The molecule has 1 heterocycles. The molecule has 2 saturated carbocycles. The van der Waals surface area contributed by atoms with Crippen LogP contribution >= 0.6 is 11.3 Å². The first-order valence-corrected chi connectivity index (χ1v) is 8.96. The normalized spacial score (nSPS) is 29.4. The van der Waals surface area contributed by atoms with Crippen LogP contribution in [0.15, 0.2) is 41.9 Å². The Bertz CT molecular complexity index is 567. The first-order valence-electron chi connectivity index (χ1n) is 8.08. The maximum Gasteiger partial charge on any atom is 0.113 e. The van der Waals surface area contributed by atoms with Gasteiger partial charge in [-0.25, -0.2) is 4.98 Å². The predicted octanol–water partition coefficient (Wildman–Crippen LogP) is 4.45. The number of benzene rings is 1. The van der Waals surface area contributed by atoms with Gasteiger partial charge >= 0.3 is 0 Å². The molecule has 2 fully saturated rings. The van der Waals surface area contributed by atoms with Gasteiger partial charge < -0.3 is 5.32 Å². The average molecular weight is 298 g/mol. The minimum Gasteiger partial charge on any atom is -0.303 e. The van der Waals surface area contributed by atoms with Crippen LogP contribution in [0, 0.1) is 0 Å². The van der Waals surface area contributed by atoms with E-state index in [1.807, 2.05) is 17.5 Å². The van der Waals surface area contributed by atoms with Crippen molar-refractivity contribution in [2.45, 2.75) is 56.0 Å². The molecule has 1 N–H and O–H groups in total. The molecular formula is C18H22N2S. The zero-order valence-corrected chi connectivity index (χ0v) is 13.1. The smallest absolute Gasteiger partial charge is 0.113 e. The third kappa shape index (κ3) is 2.77. The molecule has 110 valence electrons. The summed E-state index contributed by atoms with van der Waals surface area (Å²) in [5.41, 5.74) is 1.66. The summed E-state index contributed by atoms with van der Waals surface area (Å²) in [7, 11) is 0. The van der Waals surface area contributed by atoms with Crippen LogP contribution in [0.5, 0.6) is 0 Å². The van der Waals surface area contributed by atoms with Gasteiger partial charge in [0.2, 0.25) is 0 Å². The molecule has 2 aliphatic rings. The van der Waals surface area contributed by atoms with Gasteiger partial charge in [-0.3, -0.25) is 0 Å². The predicted molar refractivity (Wildman–Crippen MR) is 87.6 cm³/mol. The summed E-state index contributed by atoms with van der Waals surface area (Å²) in [5.74, 6) is 0.722. The van der Waals surface area contributed by atoms with Crippen LogP contribution in [0.1, 0.15) is 55.0 Å². The van der Waals surface area contributed by atoms with Crippen molar-refractivity contribution in [3.63, 3.8) is 0 Å². The maximum atomic E-state index is 4.65. The van der Waals surface area contributed by atoms with Crippen molar-refractivity contribution in [2.24, 2.45) is 0 Å². The van der Waals surface area contributed by atoms with Crippen LogP contribution < -0.4 is 5.32 Å². The highest BCUT2D eigenvalue weighted by molar-refractivity contribution is 7.09. The number of hydrogen-bond donors (Lipinski definition) is 1. The highest BCUT2D eigenvalue weighted by Gasteiger charge is 2.42. The van der Waals surface area contributed by atoms with Crippen LogP contribution in [0.2, 0.25) is 0 Å². The van der Waals surface area contributed by atoms with Crippen molar-refractivity contribution < 1.29 is 0 Å². The molecule has 0 spiro atoms. The zero-order valence-electron chi connectivity index (χ0n) is 12.3. The van der Waals surface area contributed by atoms with Gasteiger partial charge in [-0.2, -0.15) is 0 Å². The van der Waals surface area contributed by atoms with Crippen LogP contribution in [-0.4, -0.2) is 11.0 Å². The van der Waals surface area contributed by atoms with E-state index in [4.69, 9.17) is 0 Å². The second kappa shape index (κ2) is 5.54. The molecule has 0 unspecified atom stereocenters. The molecule has 1 aromatic heterocycles. The third-order valence-corrected chi connectivity index (χ3v) is 5.99. The highest BCUT2D eigenvalue weighted by Crippen LogP contribution is 2.45. The fourth-order valence-corrected chi connectivity index (χ4v) is 4.53. The fourth-order valence-electron chi connectivity index (χ4n) is 3.67. The van der Waals surface area contributed by atoms with Gasteiger partial charge in [0, 0.05) is 17.6 Å².